The minimum Gasteiger partial charge on any atom is -0.314 e. The van der Waals surface area contributed by atoms with Crippen molar-refractivity contribution in [2.24, 2.45) is 5.92 Å². The van der Waals surface area contributed by atoms with Crippen LogP contribution in [-0.4, -0.2) is 31.1 Å². The molecule has 1 N–H and O–H groups in total. The predicted molar refractivity (Wildman–Crippen MR) is 87.0 cm³/mol. The molecular weight excluding hydrogens is 244 g/mol. The number of hydrogen-bond acceptors (Lipinski definition) is 2. The van der Waals surface area contributed by atoms with Gasteiger partial charge in [0.15, 0.2) is 0 Å². The van der Waals surface area contributed by atoms with E-state index < -0.39 is 0 Å². The maximum atomic E-state index is 3.57. The van der Waals surface area contributed by atoms with Crippen LogP contribution >= 0.6 is 0 Å². The van der Waals surface area contributed by atoms with Gasteiger partial charge in [-0.1, -0.05) is 44.5 Å². The van der Waals surface area contributed by atoms with Crippen molar-refractivity contribution in [1.29, 1.82) is 0 Å². The van der Waals surface area contributed by atoms with E-state index in [0.717, 1.165) is 31.5 Å². The summed E-state index contributed by atoms with van der Waals surface area (Å²) in [5, 5.41) is 3.57. The van der Waals surface area contributed by atoms with Crippen LogP contribution < -0.4 is 5.32 Å². The minimum absolute atomic E-state index is 0.785. The first-order valence-electron chi connectivity index (χ1n) is 8.17. The highest BCUT2D eigenvalue weighted by molar-refractivity contribution is 5.22. The Morgan fingerprint density at radius 1 is 1.20 bits per heavy atom. The van der Waals surface area contributed by atoms with Crippen molar-refractivity contribution in [3.8, 4) is 0 Å². The van der Waals surface area contributed by atoms with Crippen LogP contribution in [0.1, 0.15) is 44.2 Å². The normalized spacial score (nSPS) is 16.6. The fourth-order valence-corrected chi connectivity index (χ4v) is 2.56. The Labute approximate surface area is 124 Å². The van der Waals surface area contributed by atoms with Crippen molar-refractivity contribution in [2.45, 2.75) is 52.1 Å². The van der Waals surface area contributed by atoms with E-state index in [-0.39, 0.29) is 0 Å². The van der Waals surface area contributed by atoms with Crippen molar-refractivity contribution in [2.75, 3.05) is 20.1 Å². The summed E-state index contributed by atoms with van der Waals surface area (Å²) in [7, 11) is 2.22. The Balaban J connectivity index is 1.72. The molecular formula is C18H30N2. The summed E-state index contributed by atoms with van der Waals surface area (Å²) >= 11 is 0. The van der Waals surface area contributed by atoms with Crippen LogP contribution in [0.5, 0.6) is 0 Å². The molecule has 1 fully saturated rings. The molecule has 0 spiro atoms. The van der Waals surface area contributed by atoms with Gasteiger partial charge in [-0.2, -0.15) is 0 Å². The Morgan fingerprint density at radius 3 is 2.45 bits per heavy atom. The SMILES string of the molecule is CCC(C)CN(C)Cc1ccc(CCNC2CC2)cc1. The van der Waals surface area contributed by atoms with Gasteiger partial charge in [0, 0.05) is 19.1 Å². The molecule has 0 saturated heterocycles. The van der Waals surface area contributed by atoms with Gasteiger partial charge in [-0.05, 0) is 49.9 Å². The summed E-state index contributed by atoms with van der Waals surface area (Å²) in [4.78, 5) is 2.43. The minimum atomic E-state index is 0.785. The van der Waals surface area contributed by atoms with E-state index in [9.17, 15) is 0 Å². The van der Waals surface area contributed by atoms with Gasteiger partial charge in [0.25, 0.3) is 0 Å². The van der Waals surface area contributed by atoms with Crippen molar-refractivity contribution in [3.63, 3.8) is 0 Å². The van der Waals surface area contributed by atoms with E-state index >= 15 is 0 Å². The molecule has 1 atom stereocenters. The topological polar surface area (TPSA) is 15.3 Å². The number of hydrogen-bond donors (Lipinski definition) is 1. The molecule has 1 aliphatic rings. The van der Waals surface area contributed by atoms with Gasteiger partial charge in [0.05, 0.1) is 0 Å². The average molecular weight is 274 g/mol. The fraction of sp³-hybridized carbons (Fsp3) is 0.667. The second kappa shape index (κ2) is 7.80. The third-order valence-corrected chi connectivity index (χ3v) is 4.22. The zero-order chi connectivity index (χ0) is 14.4. The van der Waals surface area contributed by atoms with Crippen molar-refractivity contribution in [1.82, 2.24) is 10.2 Å². The lowest BCUT2D eigenvalue weighted by Gasteiger charge is -2.20. The average Bonchev–Trinajstić information content (AvgIpc) is 3.24. The maximum Gasteiger partial charge on any atom is 0.0230 e. The lowest BCUT2D eigenvalue weighted by Crippen LogP contribution is -2.23. The van der Waals surface area contributed by atoms with Gasteiger partial charge < -0.3 is 10.2 Å². The van der Waals surface area contributed by atoms with Gasteiger partial charge in [-0.15, -0.1) is 0 Å². The smallest absolute Gasteiger partial charge is 0.0230 e. The Bertz CT molecular complexity index is 381. The molecule has 2 rings (SSSR count). The van der Waals surface area contributed by atoms with E-state index in [1.165, 1.54) is 36.9 Å². The Morgan fingerprint density at radius 2 is 1.85 bits per heavy atom. The maximum absolute atomic E-state index is 3.57. The summed E-state index contributed by atoms with van der Waals surface area (Å²) in [6, 6.07) is 9.99. The van der Waals surface area contributed by atoms with E-state index in [4.69, 9.17) is 0 Å². The van der Waals surface area contributed by atoms with Crippen LogP contribution in [0.2, 0.25) is 0 Å². The molecule has 2 nitrogen and oxygen atoms in total. The quantitative estimate of drug-likeness (QED) is 0.742. The Kier molecular flexibility index (Phi) is 6.06. The van der Waals surface area contributed by atoms with E-state index in [1.54, 1.807) is 0 Å². The first-order chi connectivity index (χ1) is 9.67. The molecule has 0 bridgehead atoms. The molecule has 0 aliphatic heterocycles. The first kappa shape index (κ1) is 15.5. The summed E-state index contributed by atoms with van der Waals surface area (Å²) in [5.41, 5.74) is 2.88. The van der Waals surface area contributed by atoms with Crippen LogP contribution in [0, 0.1) is 5.92 Å². The second-order valence-corrected chi connectivity index (χ2v) is 6.51. The molecule has 0 heterocycles. The molecule has 1 aromatic carbocycles. The van der Waals surface area contributed by atoms with Crippen molar-refractivity contribution >= 4 is 0 Å². The number of benzene rings is 1. The highest BCUT2D eigenvalue weighted by atomic mass is 15.1. The molecule has 0 radical (unpaired) electrons. The molecule has 1 unspecified atom stereocenters. The van der Waals surface area contributed by atoms with Gasteiger partial charge in [0.1, 0.15) is 0 Å². The highest BCUT2D eigenvalue weighted by Crippen LogP contribution is 2.18. The third kappa shape index (κ3) is 5.64. The summed E-state index contributed by atoms with van der Waals surface area (Å²) in [6.45, 7) is 7.96. The van der Waals surface area contributed by atoms with Crippen molar-refractivity contribution in [3.05, 3.63) is 35.4 Å². The predicted octanol–water partition coefficient (Wildman–Crippen LogP) is 3.46. The lowest BCUT2D eigenvalue weighted by molar-refractivity contribution is 0.275. The first-order valence-corrected chi connectivity index (χ1v) is 8.17. The zero-order valence-electron chi connectivity index (χ0n) is 13.4. The molecule has 0 amide bonds. The number of nitrogens with zero attached hydrogens (tertiary/aromatic N) is 1. The van der Waals surface area contributed by atoms with E-state index in [1.807, 2.05) is 0 Å². The van der Waals surface area contributed by atoms with Crippen LogP contribution in [0.4, 0.5) is 0 Å². The van der Waals surface area contributed by atoms with E-state index in [2.05, 4.69) is 55.4 Å². The summed E-state index contributed by atoms with van der Waals surface area (Å²) in [5.74, 6) is 0.785. The molecule has 1 saturated carbocycles. The molecule has 112 valence electrons. The number of rotatable bonds is 9. The largest absolute Gasteiger partial charge is 0.314 e. The van der Waals surface area contributed by atoms with Crippen LogP contribution in [0.15, 0.2) is 24.3 Å². The standard InChI is InChI=1S/C18H30N2/c1-4-15(2)13-20(3)14-17-7-5-16(6-8-17)11-12-19-18-9-10-18/h5-8,15,18-19H,4,9-14H2,1-3H3. The van der Waals surface area contributed by atoms with Gasteiger partial charge >= 0.3 is 0 Å². The van der Waals surface area contributed by atoms with Gasteiger partial charge in [0.2, 0.25) is 0 Å². The Hall–Kier alpha value is -0.860. The van der Waals surface area contributed by atoms with Crippen LogP contribution in [0.25, 0.3) is 0 Å². The van der Waals surface area contributed by atoms with Crippen LogP contribution in [-0.2, 0) is 13.0 Å². The van der Waals surface area contributed by atoms with Gasteiger partial charge in [-0.3, -0.25) is 0 Å². The molecule has 2 heteroatoms. The van der Waals surface area contributed by atoms with Crippen LogP contribution in [0.3, 0.4) is 0 Å². The second-order valence-electron chi connectivity index (χ2n) is 6.51. The zero-order valence-corrected chi connectivity index (χ0v) is 13.4. The van der Waals surface area contributed by atoms with Crippen molar-refractivity contribution < 1.29 is 0 Å². The fourth-order valence-electron chi connectivity index (χ4n) is 2.56. The summed E-state index contributed by atoms with van der Waals surface area (Å²) < 4.78 is 0. The number of nitrogens with one attached hydrogen (secondary N) is 1. The highest BCUT2D eigenvalue weighted by Gasteiger charge is 2.19. The van der Waals surface area contributed by atoms with E-state index in [0.29, 0.717) is 0 Å². The monoisotopic (exact) mass is 274 g/mol. The molecule has 1 aliphatic carbocycles. The van der Waals surface area contributed by atoms with Gasteiger partial charge in [-0.25, -0.2) is 0 Å². The molecule has 20 heavy (non-hydrogen) atoms. The third-order valence-electron chi connectivity index (χ3n) is 4.22. The molecule has 1 aromatic rings. The molecule has 0 aromatic heterocycles. The lowest BCUT2D eigenvalue weighted by atomic mass is 10.1. The summed E-state index contributed by atoms with van der Waals surface area (Å²) in [6.07, 6.45) is 5.17.